The van der Waals surface area contributed by atoms with Crippen LogP contribution >= 0.6 is 0 Å². The zero-order valence-corrected chi connectivity index (χ0v) is 10.6. The van der Waals surface area contributed by atoms with Gasteiger partial charge in [-0.2, -0.15) is 5.10 Å². The van der Waals surface area contributed by atoms with Crippen molar-refractivity contribution >= 4 is 5.91 Å². The Morgan fingerprint density at radius 3 is 3.10 bits per heavy atom. The molecule has 0 aliphatic rings. The van der Waals surface area contributed by atoms with Crippen LogP contribution in [-0.4, -0.2) is 25.7 Å². The van der Waals surface area contributed by atoms with Crippen molar-refractivity contribution in [2.24, 2.45) is 0 Å². The number of nitrogens with one attached hydrogen (secondary N) is 2. The van der Waals surface area contributed by atoms with Gasteiger partial charge in [0.15, 0.2) is 5.76 Å². The molecule has 0 saturated carbocycles. The van der Waals surface area contributed by atoms with Crippen LogP contribution in [0.1, 0.15) is 22.1 Å². The third kappa shape index (κ3) is 2.77. The number of aromatic amines is 1. The van der Waals surface area contributed by atoms with Crippen molar-refractivity contribution in [1.29, 1.82) is 0 Å². The van der Waals surface area contributed by atoms with Gasteiger partial charge in [-0.05, 0) is 18.2 Å². The first kappa shape index (κ1) is 12.2. The lowest BCUT2D eigenvalue weighted by Gasteiger charge is -2.00. The molecule has 0 saturated heterocycles. The van der Waals surface area contributed by atoms with Gasteiger partial charge in [-0.3, -0.25) is 9.48 Å². The van der Waals surface area contributed by atoms with Gasteiger partial charge >= 0.3 is 0 Å². The fourth-order valence-electron chi connectivity index (χ4n) is 1.78. The summed E-state index contributed by atoms with van der Waals surface area (Å²) in [5, 5.41) is 6.80. The van der Waals surface area contributed by atoms with Gasteiger partial charge < -0.3 is 14.7 Å². The van der Waals surface area contributed by atoms with Gasteiger partial charge in [-0.1, -0.05) is 0 Å². The Morgan fingerprint density at radius 2 is 2.35 bits per heavy atom. The van der Waals surface area contributed by atoms with Crippen molar-refractivity contribution < 1.29 is 9.21 Å². The minimum absolute atomic E-state index is 0.270. The fourth-order valence-corrected chi connectivity index (χ4v) is 1.78. The third-order valence-corrected chi connectivity index (χ3v) is 2.73. The molecule has 1 amide bonds. The molecule has 3 heterocycles. The van der Waals surface area contributed by atoms with Crippen molar-refractivity contribution in [3.8, 4) is 0 Å². The van der Waals surface area contributed by atoms with Crippen LogP contribution in [-0.2, 0) is 13.1 Å². The van der Waals surface area contributed by atoms with E-state index in [1.807, 2.05) is 12.3 Å². The Hall–Kier alpha value is -2.83. The lowest BCUT2D eigenvalue weighted by atomic mass is 10.4. The maximum absolute atomic E-state index is 11.9. The Kier molecular flexibility index (Phi) is 3.32. The highest BCUT2D eigenvalue weighted by atomic mass is 16.4. The van der Waals surface area contributed by atoms with Crippen LogP contribution < -0.4 is 5.32 Å². The Labute approximate surface area is 114 Å². The highest BCUT2D eigenvalue weighted by molar-refractivity contribution is 5.91. The molecule has 0 atom stereocenters. The molecule has 0 spiro atoms. The predicted octanol–water partition coefficient (Wildman–Crippen LogP) is 1.18. The summed E-state index contributed by atoms with van der Waals surface area (Å²) in [5.74, 6) is 1.38. The molecule has 0 unspecified atom stereocenters. The second kappa shape index (κ2) is 5.43. The van der Waals surface area contributed by atoms with E-state index in [2.05, 4.69) is 20.4 Å². The van der Waals surface area contributed by atoms with Gasteiger partial charge in [0.2, 0.25) is 0 Å². The van der Waals surface area contributed by atoms with E-state index in [1.54, 1.807) is 35.4 Å². The van der Waals surface area contributed by atoms with Gasteiger partial charge in [-0.25, -0.2) is 4.98 Å². The smallest absolute Gasteiger partial charge is 0.287 e. The summed E-state index contributed by atoms with van der Waals surface area (Å²) in [6, 6.07) is 5.25. The van der Waals surface area contributed by atoms with E-state index in [1.165, 1.54) is 0 Å². The fraction of sp³-hybridized carbons (Fsp3) is 0.154. The van der Waals surface area contributed by atoms with E-state index >= 15 is 0 Å². The molecule has 0 aliphatic carbocycles. The highest BCUT2D eigenvalue weighted by Gasteiger charge is 2.11. The van der Waals surface area contributed by atoms with Crippen LogP contribution in [0, 0.1) is 0 Å². The lowest BCUT2D eigenvalue weighted by molar-refractivity contribution is 0.0920. The van der Waals surface area contributed by atoms with Crippen molar-refractivity contribution in [1.82, 2.24) is 25.1 Å². The van der Waals surface area contributed by atoms with E-state index in [4.69, 9.17) is 4.42 Å². The molecule has 7 heteroatoms. The number of carbonyl (C=O) groups excluding carboxylic acids is 1. The number of hydrogen-bond acceptors (Lipinski definition) is 4. The van der Waals surface area contributed by atoms with Crippen LogP contribution in [0.4, 0.5) is 0 Å². The van der Waals surface area contributed by atoms with Crippen LogP contribution in [0.15, 0.2) is 47.4 Å². The van der Waals surface area contributed by atoms with Gasteiger partial charge in [0.25, 0.3) is 5.91 Å². The predicted molar refractivity (Wildman–Crippen MR) is 69.8 cm³/mol. The van der Waals surface area contributed by atoms with Crippen LogP contribution in [0.3, 0.4) is 0 Å². The number of H-pyrrole nitrogens is 1. The molecule has 2 N–H and O–H groups in total. The van der Waals surface area contributed by atoms with Gasteiger partial charge in [0.1, 0.15) is 11.6 Å². The third-order valence-electron chi connectivity index (χ3n) is 2.73. The summed E-state index contributed by atoms with van der Waals surface area (Å²) >= 11 is 0. The van der Waals surface area contributed by atoms with Crippen LogP contribution in [0.2, 0.25) is 0 Å². The second-order valence-corrected chi connectivity index (χ2v) is 4.19. The monoisotopic (exact) mass is 271 g/mol. The molecule has 0 bridgehead atoms. The highest BCUT2D eigenvalue weighted by Crippen LogP contribution is 2.09. The lowest BCUT2D eigenvalue weighted by Crippen LogP contribution is -2.22. The zero-order chi connectivity index (χ0) is 13.8. The molecule has 0 fully saturated rings. The van der Waals surface area contributed by atoms with Crippen molar-refractivity contribution in [3.05, 3.63) is 60.3 Å². The Balaban J connectivity index is 1.59. The summed E-state index contributed by atoms with van der Waals surface area (Å²) in [6.07, 6.45) is 6.87. The summed E-state index contributed by atoms with van der Waals surface area (Å²) in [7, 11) is 0. The maximum atomic E-state index is 11.9. The van der Waals surface area contributed by atoms with Crippen molar-refractivity contribution in [2.45, 2.75) is 13.1 Å². The first-order valence-electron chi connectivity index (χ1n) is 6.14. The largest absolute Gasteiger partial charge is 0.454 e. The number of imidazole rings is 1. The van der Waals surface area contributed by atoms with E-state index in [0.717, 1.165) is 0 Å². The van der Waals surface area contributed by atoms with Gasteiger partial charge in [-0.15, -0.1) is 0 Å². The number of furan rings is 1. The molecule has 3 aromatic heterocycles. The van der Waals surface area contributed by atoms with Gasteiger partial charge in [0, 0.05) is 24.8 Å². The van der Waals surface area contributed by atoms with Gasteiger partial charge in [0.05, 0.1) is 13.1 Å². The average molecular weight is 271 g/mol. The average Bonchev–Trinajstić information content (AvgIpc) is 3.19. The van der Waals surface area contributed by atoms with Crippen molar-refractivity contribution in [3.63, 3.8) is 0 Å². The number of rotatable bonds is 5. The number of aromatic nitrogens is 4. The molecule has 0 radical (unpaired) electrons. The Bertz CT molecular complexity index is 670. The topological polar surface area (TPSA) is 88.7 Å². The second-order valence-electron chi connectivity index (χ2n) is 4.19. The molecular formula is C13H13N5O2. The molecule has 0 aliphatic heterocycles. The summed E-state index contributed by atoms with van der Waals surface area (Å²) in [4.78, 5) is 18.8. The number of amides is 1. The minimum atomic E-state index is -0.270. The van der Waals surface area contributed by atoms with E-state index < -0.39 is 0 Å². The molecule has 3 aromatic rings. The SMILES string of the molecule is O=C(NCc1ncc[nH]1)c1ccc(Cn2cccn2)o1. The zero-order valence-electron chi connectivity index (χ0n) is 10.6. The molecule has 20 heavy (non-hydrogen) atoms. The molecule has 7 nitrogen and oxygen atoms in total. The summed E-state index contributed by atoms with van der Waals surface area (Å²) < 4.78 is 7.21. The number of carbonyl (C=O) groups is 1. The van der Waals surface area contributed by atoms with Crippen LogP contribution in [0.25, 0.3) is 0 Å². The first-order chi connectivity index (χ1) is 9.81. The quantitative estimate of drug-likeness (QED) is 0.729. The molecule has 3 rings (SSSR count). The molecule has 0 aromatic carbocycles. The standard InChI is InChI=1S/C13H13N5O2/c19-13(16-8-12-14-5-6-15-12)11-3-2-10(20-11)9-18-7-1-4-17-18/h1-7H,8-9H2,(H,14,15)(H,16,19). The Morgan fingerprint density at radius 1 is 1.40 bits per heavy atom. The molecular weight excluding hydrogens is 258 g/mol. The van der Waals surface area contributed by atoms with E-state index in [9.17, 15) is 4.79 Å². The first-order valence-corrected chi connectivity index (χ1v) is 6.14. The number of hydrogen-bond donors (Lipinski definition) is 2. The molecule has 102 valence electrons. The minimum Gasteiger partial charge on any atom is -0.454 e. The summed E-state index contributed by atoms with van der Waals surface area (Å²) in [5.41, 5.74) is 0. The van der Waals surface area contributed by atoms with Crippen molar-refractivity contribution in [2.75, 3.05) is 0 Å². The summed E-state index contributed by atoms with van der Waals surface area (Å²) in [6.45, 7) is 0.833. The van der Waals surface area contributed by atoms with Crippen LogP contribution in [0.5, 0.6) is 0 Å². The maximum Gasteiger partial charge on any atom is 0.287 e. The van der Waals surface area contributed by atoms with E-state index in [-0.39, 0.29) is 11.7 Å². The van der Waals surface area contributed by atoms with E-state index in [0.29, 0.717) is 24.7 Å². The number of nitrogens with zero attached hydrogens (tertiary/aromatic N) is 3. The normalized spacial score (nSPS) is 10.6.